The maximum atomic E-state index is 12.7. The van der Waals surface area contributed by atoms with E-state index in [0.29, 0.717) is 24.5 Å². The van der Waals surface area contributed by atoms with Crippen LogP contribution >= 0.6 is 6.72 Å². The Morgan fingerprint density at radius 1 is 1.04 bits per heavy atom. The summed E-state index contributed by atoms with van der Waals surface area (Å²) in [6.07, 6.45) is -4.40. The third-order valence-electron chi connectivity index (χ3n) is 3.08. The average Bonchev–Trinajstić information content (AvgIpc) is 2.54. The highest BCUT2D eigenvalue weighted by molar-refractivity contribution is 8.07. The van der Waals surface area contributed by atoms with Gasteiger partial charge in [-0.25, -0.2) is 4.98 Å². The van der Waals surface area contributed by atoms with Crippen LogP contribution in [0.3, 0.4) is 0 Å². The highest BCUT2D eigenvalue weighted by Gasteiger charge is 2.30. The Labute approximate surface area is 154 Å². The van der Waals surface area contributed by atoms with Crippen molar-refractivity contribution in [3.8, 4) is 17.3 Å². The van der Waals surface area contributed by atoms with E-state index >= 15 is 0 Å². The molecule has 26 heavy (non-hydrogen) atoms. The molecule has 0 N–H and O–H groups in total. The third kappa shape index (κ3) is 5.48. The van der Waals surface area contributed by atoms with E-state index in [2.05, 4.69) is 9.97 Å². The Kier molecular flexibility index (Phi) is 6.74. The molecule has 1 aromatic heterocycles. The molecule has 0 amide bonds. The number of aromatic nitrogens is 2. The van der Waals surface area contributed by atoms with Gasteiger partial charge in [0.25, 0.3) is 0 Å². The van der Waals surface area contributed by atoms with Crippen molar-refractivity contribution in [2.45, 2.75) is 26.9 Å². The molecule has 1 heterocycles. The number of nitrogens with zero attached hydrogens (tertiary/aromatic N) is 2. The van der Waals surface area contributed by atoms with Crippen LogP contribution in [0.4, 0.5) is 13.2 Å². The number of halogens is 3. The first-order valence-electron chi connectivity index (χ1n) is 7.79. The molecule has 0 saturated heterocycles. The summed E-state index contributed by atoms with van der Waals surface area (Å²) in [5, 5.41) is 0. The predicted molar refractivity (Wildman–Crippen MR) is 95.4 cm³/mol. The smallest absolute Gasteiger partial charge is 0.406 e. The van der Waals surface area contributed by atoms with Crippen LogP contribution in [0.5, 0.6) is 5.88 Å². The van der Waals surface area contributed by atoms with Crippen molar-refractivity contribution in [1.29, 1.82) is 0 Å². The molecule has 0 aliphatic heterocycles. The Morgan fingerprint density at radius 3 is 2.12 bits per heavy atom. The molecule has 5 nitrogen and oxygen atoms in total. The molecular weight excluding hydrogens is 388 g/mol. The second-order valence-electron chi connectivity index (χ2n) is 5.12. The molecule has 2 rings (SSSR count). The molecule has 1 aromatic carbocycles. The lowest BCUT2D eigenvalue weighted by Crippen LogP contribution is -2.05. The summed E-state index contributed by atoms with van der Waals surface area (Å²) in [5.41, 5.74) is 0.251. The zero-order valence-electron chi connectivity index (χ0n) is 14.4. The van der Waals surface area contributed by atoms with E-state index < -0.39 is 18.5 Å². The molecular formula is C16H18F3N2O3PS. The molecule has 10 heteroatoms. The van der Waals surface area contributed by atoms with E-state index in [0.717, 1.165) is 12.1 Å². The lowest BCUT2D eigenvalue weighted by molar-refractivity contribution is -0.137. The number of hydrogen-bond acceptors (Lipinski definition) is 6. The third-order valence-corrected chi connectivity index (χ3v) is 5.50. The van der Waals surface area contributed by atoms with Crippen molar-refractivity contribution in [3.05, 3.63) is 41.6 Å². The quantitative estimate of drug-likeness (QED) is 0.593. The fourth-order valence-electron chi connectivity index (χ4n) is 2.04. The summed E-state index contributed by atoms with van der Waals surface area (Å²) in [6, 6.07) is 6.14. The summed E-state index contributed by atoms with van der Waals surface area (Å²) in [5.74, 6) is 0.376. The topological polar surface area (TPSA) is 53.5 Å². The van der Waals surface area contributed by atoms with Crippen LogP contribution in [0, 0.1) is 6.92 Å². The molecule has 0 bridgehead atoms. The van der Waals surface area contributed by atoms with Crippen LogP contribution in [-0.4, -0.2) is 23.2 Å². The van der Waals surface area contributed by atoms with Crippen molar-refractivity contribution < 1.29 is 26.7 Å². The van der Waals surface area contributed by atoms with Gasteiger partial charge in [-0.1, -0.05) is 12.1 Å². The van der Waals surface area contributed by atoms with Gasteiger partial charge < -0.3 is 4.52 Å². The first-order chi connectivity index (χ1) is 12.2. The zero-order valence-corrected chi connectivity index (χ0v) is 16.1. The van der Waals surface area contributed by atoms with Crippen LogP contribution in [0.15, 0.2) is 30.3 Å². The Bertz CT molecular complexity index is 790. The minimum absolute atomic E-state index is 0.151. The fraction of sp³-hybridized carbons (Fsp3) is 0.375. The molecule has 0 radical (unpaired) electrons. The minimum atomic E-state index is -4.40. The number of rotatable bonds is 7. The predicted octanol–water partition coefficient (Wildman–Crippen LogP) is 5.15. The number of aryl methyl sites for hydroxylation is 1. The lowest BCUT2D eigenvalue weighted by atomic mass is 10.1. The van der Waals surface area contributed by atoms with Crippen molar-refractivity contribution in [2.75, 3.05) is 13.2 Å². The minimum Gasteiger partial charge on any atom is -0.406 e. The largest absolute Gasteiger partial charge is 0.416 e. The van der Waals surface area contributed by atoms with Gasteiger partial charge in [0.15, 0.2) is 5.82 Å². The van der Waals surface area contributed by atoms with E-state index in [4.69, 9.17) is 25.4 Å². The Balaban J connectivity index is 2.33. The van der Waals surface area contributed by atoms with Gasteiger partial charge in [0, 0.05) is 29.1 Å². The van der Waals surface area contributed by atoms with Crippen molar-refractivity contribution in [2.24, 2.45) is 0 Å². The molecule has 0 fully saturated rings. The molecule has 2 aromatic rings. The summed E-state index contributed by atoms with van der Waals surface area (Å²) in [7, 11) is 0. The highest BCUT2D eigenvalue weighted by atomic mass is 32.5. The molecule has 0 atom stereocenters. The molecule has 0 saturated carbocycles. The molecule has 0 aliphatic rings. The maximum Gasteiger partial charge on any atom is 0.416 e. The molecule has 142 valence electrons. The van der Waals surface area contributed by atoms with E-state index in [9.17, 15) is 13.2 Å². The van der Waals surface area contributed by atoms with Gasteiger partial charge in [-0.3, -0.25) is 9.05 Å². The molecule has 0 unspecified atom stereocenters. The van der Waals surface area contributed by atoms with E-state index in [1.807, 2.05) is 0 Å². The Hall–Kier alpha value is -1.54. The Morgan fingerprint density at radius 2 is 1.62 bits per heavy atom. The molecule has 0 aliphatic carbocycles. The summed E-state index contributed by atoms with van der Waals surface area (Å²) >= 11 is 5.30. The maximum absolute atomic E-state index is 12.7. The standard InChI is InChI=1S/C16H18F3N2O3PS/c1-4-22-25(26,23-5-2)24-14-10-11(3)20-15(21-14)12-6-8-13(9-7-12)16(17,18)19/h6-10H,4-5H2,1-3H3. The lowest BCUT2D eigenvalue weighted by Gasteiger charge is -2.20. The van der Waals surface area contributed by atoms with Crippen molar-refractivity contribution in [1.82, 2.24) is 9.97 Å². The second kappa shape index (κ2) is 8.43. The van der Waals surface area contributed by atoms with Crippen LogP contribution < -0.4 is 4.52 Å². The monoisotopic (exact) mass is 406 g/mol. The van der Waals surface area contributed by atoms with Crippen LogP contribution in [-0.2, 0) is 27.0 Å². The SMILES string of the molecule is CCOP(=S)(OCC)Oc1cc(C)nc(-c2ccc(C(F)(F)F)cc2)n1. The summed E-state index contributed by atoms with van der Waals surface area (Å²) in [6.45, 7) is 2.86. The van der Waals surface area contributed by atoms with Crippen molar-refractivity contribution >= 4 is 18.5 Å². The van der Waals surface area contributed by atoms with Gasteiger partial charge in [0.1, 0.15) is 0 Å². The number of alkyl halides is 3. The first-order valence-corrected chi connectivity index (χ1v) is 10.3. The van der Waals surface area contributed by atoms with Crippen LogP contribution in [0.2, 0.25) is 0 Å². The average molecular weight is 406 g/mol. The zero-order chi connectivity index (χ0) is 19.4. The normalized spacial score (nSPS) is 12.2. The van der Waals surface area contributed by atoms with Crippen LogP contribution in [0.25, 0.3) is 11.4 Å². The second-order valence-corrected chi connectivity index (χ2v) is 8.06. The van der Waals surface area contributed by atoms with E-state index in [-0.39, 0.29) is 11.7 Å². The number of benzene rings is 1. The highest BCUT2D eigenvalue weighted by Crippen LogP contribution is 2.49. The first kappa shape index (κ1) is 20.8. The van der Waals surface area contributed by atoms with Crippen molar-refractivity contribution in [3.63, 3.8) is 0 Å². The van der Waals surface area contributed by atoms with Gasteiger partial charge in [0.05, 0.1) is 18.8 Å². The number of hydrogen-bond donors (Lipinski definition) is 0. The van der Waals surface area contributed by atoms with Gasteiger partial charge in [-0.05, 0) is 32.9 Å². The van der Waals surface area contributed by atoms with Gasteiger partial charge in [-0.15, -0.1) is 0 Å². The summed E-state index contributed by atoms with van der Waals surface area (Å²) < 4.78 is 54.6. The fourth-order valence-corrected chi connectivity index (χ4v) is 4.04. The van der Waals surface area contributed by atoms with Crippen LogP contribution in [0.1, 0.15) is 25.1 Å². The molecule has 0 spiro atoms. The van der Waals surface area contributed by atoms with Gasteiger partial charge in [0.2, 0.25) is 5.88 Å². The van der Waals surface area contributed by atoms with E-state index in [1.165, 1.54) is 12.1 Å². The van der Waals surface area contributed by atoms with Gasteiger partial charge in [-0.2, -0.15) is 18.2 Å². The van der Waals surface area contributed by atoms with Gasteiger partial charge >= 0.3 is 12.9 Å². The summed E-state index contributed by atoms with van der Waals surface area (Å²) in [4.78, 5) is 8.47. The van der Waals surface area contributed by atoms with E-state index in [1.54, 1.807) is 26.8 Å².